The van der Waals surface area contributed by atoms with Crippen LogP contribution >= 0.6 is 35.0 Å². The molecule has 28 heavy (non-hydrogen) atoms. The van der Waals surface area contributed by atoms with Crippen molar-refractivity contribution in [3.8, 4) is 5.69 Å². The zero-order valence-electron chi connectivity index (χ0n) is 15.6. The van der Waals surface area contributed by atoms with Gasteiger partial charge in [-0.2, -0.15) is 0 Å². The van der Waals surface area contributed by atoms with Crippen LogP contribution in [0.3, 0.4) is 0 Å². The molecule has 0 fully saturated rings. The fraction of sp³-hybridized carbons (Fsp3) is 0.250. The van der Waals surface area contributed by atoms with Crippen LogP contribution in [0.5, 0.6) is 0 Å². The molecule has 0 aliphatic heterocycles. The van der Waals surface area contributed by atoms with Crippen LogP contribution in [0.4, 0.5) is 0 Å². The first-order chi connectivity index (χ1) is 13.5. The molecule has 146 valence electrons. The molecule has 0 spiro atoms. The van der Waals surface area contributed by atoms with Gasteiger partial charge in [-0.05, 0) is 29.7 Å². The number of halogens is 2. The van der Waals surface area contributed by atoms with Crippen LogP contribution in [0.2, 0.25) is 10.0 Å². The van der Waals surface area contributed by atoms with Gasteiger partial charge in [0.2, 0.25) is 5.91 Å². The van der Waals surface area contributed by atoms with E-state index >= 15 is 0 Å². The molecule has 8 heteroatoms. The molecule has 0 saturated carbocycles. The third kappa shape index (κ3) is 4.69. The average molecular weight is 435 g/mol. The van der Waals surface area contributed by atoms with E-state index in [1.54, 1.807) is 24.3 Å². The fourth-order valence-electron chi connectivity index (χ4n) is 2.78. The first-order valence-corrected chi connectivity index (χ1v) is 10.5. The second-order valence-corrected chi connectivity index (χ2v) is 7.94. The monoisotopic (exact) mass is 434 g/mol. The molecule has 0 aliphatic carbocycles. The highest BCUT2D eigenvalue weighted by atomic mass is 35.5. The molecular formula is C20H20Cl2N4OS. The van der Waals surface area contributed by atoms with Gasteiger partial charge in [0.25, 0.3) is 0 Å². The Kier molecular flexibility index (Phi) is 6.99. The van der Waals surface area contributed by atoms with Gasteiger partial charge in [0, 0.05) is 13.6 Å². The van der Waals surface area contributed by atoms with Gasteiger partial charge in [-0.25, -0.2) is 0 Å². The quantitative estimate of drug-likeness (QED) is 0.496. The third-order valence-corrected chi connectivity index (χ3v) is 6.12. The van der Waals surface area contributed by atoms with E-state index < -0.39 is 0 Å². The first-order valence-electron chi connectivity index (χ1n) is 8.79. The van der Waals surface area contributed by atoms with Crippen molar-refractivity contribution >= 4 is 40.9 Å². The number of hydrogen-bond donors (Lipinski definition) is 0. The number of amides is 1. The SMILES string of the molecule is CCc1ccccc1-n1cnnc1SCC(=O)N(C)Cc1cccc(Cl)c1Cl. The molecule has 5 nitrogen and oxygen atoms in total. The van der Waals surface area contributed by atoms with Gasteiger partial charge in [-0.1, -0.05) is 72.2 Å². The fourth-order valence-corrected chi connectivity index (χ4v) is 4.03. The molecule has 1 amide bonds. The van der Waals surface area contributed by atoms with Crippen LogP contribution in [0.15, 0.2) is 53.9 Å². The molecule has 3 aromatic rings. The molecule has 1 aromatic heterocycles. The van der Waals surface area contributed by atoms with Crippen LogP contribution in [0.25, 0.3) is 5.69 Å². The van der Waals surface area contributed by atoms with Gasteiger partial charge in [-0.3, -0.25) is 9.36 Å². The Bertz CT molecular complexity index is 976. The summed E-state index contributed by atoms with van der Waals surface area (Å²) in [7, 11) is 1.75. The lowest BCUT2D eigenvalue weighted by Gasteiger charge is -2.18. The van der Waals surface area contributed by atoms with E-state index in [0.717, 1.165) is 17.7 Å². The summed E-state index contributed by atoms with van der Waals surface area (Å²) < 4.78 is 1.92. The molecule has 0 unspecified atom stereocenters. The Morgan fingerprint density at radius 1 is 1.14 bits per heavy atom. The number of rotatable bonds is 7. The van der Waals surface area contributed by atoms with E-state index in [9.17, 15) is 4.79 Å². The molecule has 3 rings (SSSR count). The third-order valence-electron chi connectivity index (χ3n) is 4.34. The molecule has 0 bridgehead atoms. The van der Waals surface area contributed by atoms with Gasteiger partial charge in [-0.15, -0.1) is 10.2 Å². The maximum absolute atomic E-state index is 12.6. The summed E-state index contributed by atoms with van der Waals surface area (Å²) in [5, 5.41) is 9.84. The summed E-state index contributed by atoms with van der Waals surface area (Å²) in [6, 6.07) is 13.5. The number of aromatic nitrogens is 3. The average Bonchev–Trinajstić information content (AvgIpc) is 3.17. The Morgan fingerprint density at radius 2 is 1.89 bits per heavy atom. The smallest absolute Gasteiger partial charge is 0.233 e. The number of carbonyl (C=O) groups excluding carboxylic acids is 1. The van der Waals surface area contributed by atoms with E-state index in [1.807, 2.05) is 34.9 Å². The van der Waals surface area contributed by atoms with Crippen LogP contribution in [0.1, 0.15) is 18.1 Å². The molecule has 0 radical (unpaired) electrons. The van der Waals surface area contributed by atoms with Crippen LogP contribution < -0.4 is 0 Å². The maximum Gasteiger partial charge on any atom is 0.233 e. The Morgan fingerprint density at radius 3 is 2.68 bits per heavy atom. The van der Waals surface area contributed by atoms with Crippen molar-refractivity contribution in [2.45, 2.75) is 25.0 Å². The highest BCUT2D eigenvalue weighted by Crippen LogP contribution is 2.27. The molecule has 2 aromatic carbocycles. The normalized spacial score (nSPS) is 10.9. The lowest BCUT2D eigenvalue weighted by atomic mass is 10.1. The van der Waals surface area contributed by atoms with Crippen molar-refractivity contribution in [2.24, 2.45) is 0 Å². The van der Waals surface area contributed by atoms with Gasteiger partial charge in [0.05, 0.1) is 21.5 Å². The predicted octanol–water partition coefficient (Wildman–Crippen LogP) is 4.89. The highest BCUT2D eigenvalue weighted by molar-refractivity contribution is 7.99. The molecule has 0 aliphatic rings. The minimum absolute atomic E-state index is 0.0284. The van der Waals surface area contributed by atoms with Crippen LogP contribution in [-0.2, 0) is 17.8 Å². The molecule has 0 atom stereocenters. The number of thioether (sulfide) groups is 1. The number of hydrogen-bond acceptors (Lipinski definition) is 4. The first kappa shape index (κ1) is 20.7. The standard InChI is InChI=1S/C20H20Cl2N4OS/c1-3-14-7-4-5-10-17(14)26-13-23-24-20(26)28-12-18(27)25(2)11-15-8-6-9-16(21)19(15)22/h4-10,13H,3,11-12H2,1-2H3. The summed E-state index contributed by atoms with van der Waals surface area (Å²) in [6.07, 6.45) is 2.58. The van der Waals surface area contributed by atoms with E-state index in [0.29, 0.717) is 21.7 Å². The van der Waals surface area contributed by atoms with E-state index in [-0.39, 0.29) is 11.7 Å². The molecule has 0 N–H and O–H groups in total. The zero-order valence-corrected chi connectivity index (χ0v) is 17.9. The van der Waals surface area contributed by atoms with Crippen LogP contribution in [-0.4, -0.2) is 38.4 Å². The summed E-state index contributed by atoms with van der Waals surface area (Å²) >= 11 is 13.6. The largest absolute Gasteiger partial charge is 0.341 e. The summed E-state index contributed by atoms with van der Waals surface area (Å²) in [5.74, 6) is 0.223. The second-order valence-electron chi connectivity index (χ2n) is 6.22. The molecular weight excluding hydrogens is 415 g/mol. The van der Waals surface area contributed by atoms with Gasteiger partial charge < -0.3 is 4.90 Å². The summed E-state index contributed by atoms with van der Waals surface area (Å²) in [5.41, 5.74) is 3.04. The predicted molar refractivity (Wildman–Crippen MR) is 114 cm³/mol. The van der Waals surface area contributed by atoms with Gasteiger partial charge >= 0.3 is 0 Å². The van der Waals surface area contributed by atoms with E-state index in [1.165, 1.54) is 17.3 Å². The number of para-hydroxylation sites is 1. The topological polar surface area (TPSA) is 51.0 Å². The second kappa shape index (κ2) is 9.45. The maximum atomic E-state index is 12.6. The van der Waals surface area contributed by atoms with E-state index in [4.69, 9.17) is 23.2 Å². The number of nitrogens with zero attached hydrogens (tertiary/aromatic N) is 4. The van der Waals surface area contributed by atoms with Gasteiger partial charge in [0.1, 0.15) is 6.33 Å². The van der Waals surface area contributed by atoms with Crippen molar-refractivity contribution in [3.05, 3.63) is 70.0 Å². The van der Waals surface area contributed by atoms with E-state index in [2.05, 4.69) is 23.2 Å². The van der Waals surface area contributed by atoms with Crippen molar-refractivity contribution in [1.29, 1.82) is 0 Å². The number of carbonyl (C=O) groups is 1. The Hall–Kier alpha value is -2.02. The van der Waals surface area contributed by atoms with Gasteiger partial charge in [0.15, 0.2) is 5.16 Å². The molecule has 1 heterocycles. The Labute approximate surface area is 178 Å². The Balaban J connectivity index is 1.67. The minimum Gasteiger partial charge on any atom is -0.341 e. The van der Waals surface area contributed by atoms with Crippen molar-refractivity contribution in [1.82, 2.24) is 19.7 Å². The van der Waals surface area contributed by atoms with Crippen LogP contribution in [0, 0.1) is 0 Å². The zero-order chi connectivity index (χ0) is 20.1. The highest BCUT2D eigenvalue weighted by Gasteiger charge is 2.16. The molecule has 0 saturated heterocycles. The van der Waals surface area contributed by atoms with Crippen molar-refractivity contribution < 1.29 is 4.79 Å². The summed E-state index contributed by atoms with van der Waals surface area (Å²) in [6.45, 7) is 2.50. The lowest BCUT2D eigenvalue weighted by molar-refractivity contribution is -0.127. The van der Waals surface area contributed by atoms with Crippen molar-refractivity contribution in [2.75, 3.05) is 12.8 Å². The lowest BCUT2D eigenvalue weighted by Crippen LogP contribution is -2.28. The van der Waals surface area contributed by atoms with Crippen molar-refractivity contribution in [3.63, 3.8) is 0 Å². The number of aryl methyl sites for hydroxylation is 1. The summed E-state index contributed by atoms with van der Waals surface area (Å²) in [4.78, 5) is 14.2. The minimum atomic E-state index is -0.0284. The number of benzene rings is 2.